The van der Waals surface area contributed by atoms with Crippen LogP contribution in [-0.2, 0) is 5.54 Å². The number of hydrogen-bond acceptors (Lipinski definition) is 5. The molecule has 8 aromatic rings. The molecule has 0 saturated heterocycles. The maximum absolute atomic E-state index is 15.6. The van der Waals surface area contributed by atoms with E-state index < -0.39 is 23.7 Å². The van der Waals surface area contributed by atoms with E-state index in [0.717, 1.165) is 16.7 Å². The molecule has 0 atom stereocenters. The van der Waals surface area contributed by atoms with Gasteiger partial charge in [-0.15, -0.1) is 0 Å². The van der Waals surface area contributed by atoms with Crippen LogP contribution in [0, 0.1) is 5.82 Å². The van der Waals surface area contributed by atoms with Gasteiger partial charge in [0, 0.05) is 29.1 Å². The number of halogens is 3. The summed E-state index contributed by atoms with van der Waals surface area (Å²) in [4.78, 5) is 8.28. The van der Waals surface area contributed by atoms with Crippen LogP contribution >= 0.6 is 0 Å². The highest BCUT2D eigenvalue weighted by Gasteiger charge is 2.40. The molecule has 0 radical (unpaired) electrons. The van der Waals surface area contributed by atoms with Crippen molar-refractivity contribution in [3.05, 3.63) is 174 Å². The standard InChI is InChI=1S/C38H25F3N6O/c39-31-19-11-10-18-29(31)34-30(25-20-21-33-42-22-32(46(33)23-25)36-43-37(35(40)41)48-45-36)24-47(44-34)38(26-12-4-1-5-13-26,27-14-6-2-7-15-27)28-16-8-3-9-17-28/h1-24,35H. The number of imidazole rings is 1. The van der Waals surface area contributed by atoms with Gasteiger partial charge in [-0.1, -0.05) is 108 Å². The average molecular weight is 639 g/mol. The number of nitrogens with zero attached hydrogens (tertiary/aromatic N) is 6. The third-order valence-electron chi connectivity index (χ3n) is 8.44. The molecule has 7 nitrogen and oxygen atoms in total. The van der Waals surface area contributed by atoms with Crippen LogP contribution in [-0.4, -0.2) is 29.3 Å². The number of alkyl halides is 2. The van der Waals surface area contributed by atoms with Crippen molar-refractivity contribution in [2.75, 3.05) is 0 Å². The normalized spacial score (nSPS) is 11.8. The molecular formula is C38H25F3N6O. The lowest BCUT2D eigenvalue weighted by atomic mass is 9.77. The fraction of sp³-hybridized carbons (Fsp3) is 0.0526. The molecule has 8 rings (SSSR count). The van der Waals surface area contributed by atoms with Gasteiger partial charge in [0.1, 0.15) is 28.4 Å². The van der Waals surface area contributed by atoms with Crippen LogP contribution in [0.25, 0.3) is 39.5 Å². The Kier molecular flexibility index (Phi) is 7.17. The van der Waals surface area contributed by atoms with Crippen LogP contribution in [0.1, 0.15) is 29.0 Å². The van der Waals surface area contributed by atoms with Crippen molar-refractivity contribution in [1.29, 1.82) is 0 Å². The maximum atomic E-state index is 15.6. The first kappa shape index (κ1) is 29.1. The minimum Gasteiger partial charge on any atom is -0.333 e. The van der Waals surface area contributed by atoms with E-state index >= 15 is 4.39 Å². The predicted octanol–water partition coefficient (Wildman–Crippen LogP) is 8.83. The van der Waals surface area contributed by atoms with Crippen molar-refractivity contribution in [2.24, 2.45) is 0 Å². The highest BCUT2D eigenvalue weighted by Crippen LogP contribution is 2.43. The minimum absolute atomic E-state index is 0.0313. The van der Waals surface area contributed by atoms with E-state index in [1.54, 1.807) is 34.9 Å². The number of rotatable bonds is 8. The topological polar surface area (TPSA) is 74.0 Å². The van der Waals surface area contributed by atoms with Crippen LogP contribution in [0.5, 0.6) is 0 Å². The Balaban J connectivity index is 1.42. The largest absolute Gasteiger partial charge is 0.333 e. The fourth-order valence-electron chi connectivity index (χ4n) is 6.28. The number of fused-ring (bicyclic) bond motifs is 1. The lowest BCUT2D eigenvalue weighted by Crippen LogP contribution is -2.38. The lowest BCUT2D eigenvalue weighted by molar-refractivity contribution is 0.106. The summed E-state index contributed by atoms with van der Waals surface area (Å²) in [5.74, 6) is -1.24. The van der Waals surface area contributed by atoms with E-state index in [9.17, 15) is 8.78 Å². The molecule has 0 spiro atoms. The summed E-state index contributed by atoms with van der Waals surface area (Å²) in [5.41, 5.74) is 4.84. The number of hydrogen-bond donors (Lipinski definition) is 0. The molecule has 0 N–H and O–H groups in total. The van der Waals surface area contributed by atoms with Crippen molar-refractivity contribution in [2.45, 2.75) is 12.0 Å². The summed E-state index contributed by atoms with van der Waals surface area (Å²) in [7, 11) is 0. The molecular weight excluding hydrogens is 613 g/mol. The molecule has 0 aliphatic rings. The van der Waals surface area contributed by atoms with Gasteiger partial charge in [0.25, 0.3) is 5.89 Å². The molecule has 0 unspecified atom stereocenters. The maximum Gasteiger partial charge on any atom is 0.315 e. The predicted molar refractivity (Wildman–Crippen MR) is 175 cm³/mol. The molecule has 0 aliphatic carbocycles. The molecule has 0 amide bonds. The van der Waals surface area contributed by atoms with Gasteiger partial charge in [0.05, 0.1) is 6.20 Å². The second kappa shape index (κ2) is 11.8. The first-order valence-electron chi connectivity index (χ1n) is 15.2. The first-order chi connectivity index (χ1) is 23.5. The van der Waals surface area contributed by atoms with Gasteiger partial charge in [0.2, 0.25) is 5.82 Å². The van der Waals surface area contributed by atoms with Crippen molar-refractivity contribution in [3.8, 4) is 33.9 Å². The van der Waals surface area contributed by atoms with E-state index in [0.29, 0.717) is 33.7 Å². The van der Waals surface area contributed by atoms with Crippen LogP contribution in [0.15, 0.2) is 151 Å². The van der Waals surface area contributed by atoms with Crippen LogP contribution in [0.2, 0.25) is 0 Å². The molecule has 234 valence electrons. The molecule has 0 fully saturated rings. The van der Waals surface area contributed by atoms with E-state index in [1.165, 1.54) is 12.3 Å². The van der Waals surface area contributed by atoms with E-state index in [1.807, 2.05) is 71.5 Å². The number of pyridine rings is 1. The molecule has 0 saturated carbocycles. The SMILES string of the molecule is Fc1ccccc1-c1nn(C(c2ccccc2)(c2ccccc2)c2ccccc2)cc1-c1ccc2ncc(-c3noc(C(F)F)n3)n2c1. The Morgan fingerprint density at radius 1 is 0.667 bits per heavy atom. The molecule has 0 aliphatic heterocycles. The molecule has 4 heterocycles. The summed E-state index contributed by atoms with van der Waals surface area (Å²) >= 11 is 0. The van der Waals surface area contributed by atoms with Crippen LogP contribution in [0.4, 0.5) is 13.2 Å². The first-order valence-corrected chi connectivity index (χ1v) is 15.2. The van der Waals surface area contributed by atoms with E-state index in [4.69, 9.17) is 9.62 Å². The van der Waals surface area contributed by atoms with Gasteiger partial charge in [-0.05, 0) is 41.0 Å². The molecule has 4 aromatic carbocycles. The zero-order valence-corrected chi connectivity index (χ0v) is 25.2. The van der Waals surface area contributed by atoms with Crippen molar-refractivity contribution in [3.63, 3.8) is 0 Å². The quantitative estimate of drug-likeness (QED) is 0.156. The Morgan fingerprint density at radius 2 is 1.27 bits per heavy atom. The van der Waals surface area contributed by atoms with Crippen molar-refractivity contribution < 1.29 is 17.7 Å². The monoisotopic (exact) mass is 638 g/mol. The molecule has 48 heavy (non-hydrogen) atoms. The van der Waals surface area contributed by atoms with Crippen LogP contribution < -0.4 is 0 Å². The van der Waals surface area contributed by atoms with E-state index in [2.05, 4.69) is 51.5 Å². The number of aromatic nitrogens is 6. The second-order valence-electron chi connectivity index (χ2n) is 11.2. The Hall–Kier alpha value is -6.29. The highest BCUT2D eigenvalue weighted by atomic mass is 19.3. The fourth-order valence-corrected chi connectivity index (χ4v) is 6.28. The van der Waals surface area contributed by atoms with Gasteiger partial charge < -0.3 is 4.52 Å². The molecule has 4 aromatic heterocycles. The smallest absolute Gasteiger partial charge is 0.315 e. The van der Waals surface area contributed by atoms with Crippen LogP contribution in [0.3, 0.4) is 0 Å². The Bertz CT molecular complexity index is 2250. The molecule has 10 heteroatoms. The van der Waals surface area contributed by atoms with Gasteiger partial charge >= 0.3 is 6.43 Å². The summed E-state index contributed by atoms with van der Waals surface area (Å²) in [6.45, 7) is 0. The minimum atomic E-state index is -2.91. The van der Waals surface area contributed by atoms with Gasteiger partial charge in [0.15, 0.2) is 0 Å². The van der Waals surface area contributed by atoms with Gasteiger partial charge in [-0.3, -0.25) is 9.08 Å². The lowest BCUT2D eigenvalue weighted by Gasteiger charge is -2.36. The zero-order valence-electron chi connectivity index (χ0n) is 25.2. The second-order valence-corrected chi connectivity index (χ2v) is 11.2. The highest BCUT2D eigenvalue weighted by molar-refractivity contribution is 5.81. The van der Waals surface area contributed by atoms with Crippen molar-refractivity contribution in [1.82, 2.24) is 29.3 Å². The Morgan fingerprint density at radius 3 is 1.85 bits per heavy atom. The third-order valence-corrected chi connectivity index (χ3v) is 8.44. The van der Waals surface area contributed by atoms with Crippen molar-refractivity contribution >= 4 is 5.65 Å². The molecule has 0 bridgehead atoms. The summed E-state index contributed by atoms with van der Waals surface area (Å²) in [6.07, 6.45) is 2.30. The van der Waals surface area contributed by atoms with E-state index in [-0.39, 0.29) is 5.82 Å². The third kappa shape index (κ3) is 4.77. The van der Waals surface area contributed by atoms with Gasteiger partial charge in [-0.25, -0.2) is 9.37 Å². The summed E-state index contributed by atoms with van der Waals surface area (Å²) < 4.78 is 50.5. The Labute approximate surface area is 272 Å². The average Bonchev–Trinajstić information content (AvgIpc) is 3.89. The number of benzene rings is 4. The zero-order chi connectivity index (χ0) is 32.7. The van der Waals surface area contributed by atoms with Gasteiger partial charge in [-0.2, -0.15) is 18.9 Å². The summed E-state index contributed by atoms with van der Waals surface area (Å²) in [6, 6.07) is 40.4. The summed E-state index contributed by atoms with van der Waals surface area (Å²) in [5, 5.41) is 8.97.